The molecule has 2 saturated carbocycles. The van der Waals surface area contributed by atoms with Gasteiger partial charge in [-0.05, 0) is 71.3 Å². The van der Waals surface area contributed by atoms with Gasteiger partial charge in [-0.25, -0.2) is 0 Å². The van der Waals surface area contributed by atoms with E-state index >= 15 is 0 Å². The summed E-state index contributed by atoms with van der Waals surface area (Å²) in [5.74, 6) is 0.386. The van der Waals surface area contributed by atoms with Crippen molar-refractivity contribution < 1.29 is 39.1 Å². The van der Waals surface area contributed by atoms with Crippen molar-refractivity contribution in [3.63, 3.8) is 0 Å². The fourth-order valence-corrected chi connectivity index (χ4v) is 5.78. The molecule has 212 valence electrons. The van der Waals surface area contributed by atoms with Crippen molar-refractivity contribution >= 4 is 39.6 Å². The van der Waals surface area contributed by atoms with E-state index in [1.807, 2.05) is 60.9 Å². The molecule has 6 rings (SSSR count). The zero-order chi connectivity index (χ0) is 29.5. The molecule has 1 atom stereocenters. The number of pyridine rings is 1. The predicted molar refractivity (Wildman–Crippen MR) is 161 cm³/mol. The molecule has 1 unspecified atom stereocenters. The molecule has 42 heavy (non-hydrogen) atoms. The largest absolute Gasteiger partial charge is 1.00 e. The second kappa shape index (κ2) is 19.2. The molecule has 1 amide bonds. The fourth-order valence-electron chi connectivity index (χ4n) is 5.56. The summed E-state index contributed by atoms with van der Waals surface area (Å²) in [6.07, 6.45) is 18.5. The van der Waals surface area contributed by atoms with E-state index in [4.69, 9.17) is 23.4 Å². The summed E-state index contributed by atoms with van der Waals surface area (Å²) in [6, 6.07) is 19.8. The van der Waals surface area contributed by atoms with Crippen LogP contribution in [0.15, 0.2) is 73.2 Å². The molecule has 0 saturated heterocycles. The van der Waals surface area contributed by atoms with Crippen LogP contribution in [0.1, 0.15) is 81.4 Å². The van der Waals surface area contributed by atoms with Gasteiger partial charge in [-0.3, -0.25) is 19.5 Å². The van der Waals surface area contributed by atoms with Crippen LogP contribution in [0.2, 0.25) is 0 Å². The van der Waals surface area contributed by atoms with E-state index in [9.17, 15) is 14.9 Å². The summed E-state index contributed by atoms with van der Waals surface area (Å²) in [6.45, 7) is 4.75. The van der Waals surface area contributed by atoms with E-state index in [0.717, 1.165) is 49.7 Å². The normalized spacial score (nSPS) is 17.7. The topological polar surface area (TPSA) is 97.9 Å². The van der Waals surface area contributed by atoms with Crippen molar-refractivity contribution in [3.05, 3.63) is 90.9 Å². The van der Waals surface area contributed by atoms with Gasteiger partial charge in [-0.1, -0.05) is 87.1 Å². The Labute approximate surface area is 276 Å². The molecule has 2 heterocycles. The molecule has 0 spiro atoms. The third kappa shape index (κ3) is 10.1. The van der Waals surface area contributed by atoms with Crippen molar-refractivity contribution in [2.45, 2.75) is 70.3 Å². The number of hydrogen-bond donors (Lipinski definition) is 0. The van der Waals surface area contributed by atoms with Crippen molar-refractivity contribution in [1.29, 1.82) is 10.5 Å². The Morgan fingerprint density at radius 2 is 1.40 bits per heavy atom. The van der Waals surface area contributed by atoms with Crippen LogP contribution in [0, 0.1) is 35.0 Å². The second-order valence-electron chi connectivity index (χ2n) is 10.4. The predicted octanol–water partition coefficient (Wildman–Crippen LogP) is 5.31. The molecule has 0 radical (unpaired) electrons. The van der Waals surface area contributed by atoms with Crippen LogP contribution < -0.4 is 29.6 Å². The standard InChI is InChI=1S/C17H18N2O.C9H7N.C7H11ClO.CN.Na/c18-12-16-15-9-5-4-6-13(15)10-11-19(16)17(20)14-7-2-1-3-8-14;1-2-4-9-7-10-6-5-8(9)3-1;8-7(9)6-4-2-1-3-5-6;1-2;/h4-6,9-11,14,16H,1-3,7-8H2;1-7H;6H,1-5H2;;/q;;;-1;+1. The van der Waals surface area contributed by atoms with Crippen LogP contribution in [0.4, 0.5) is 0 Å². The minimum atomic E-state index is -0.481. The molecule has 8 heteroatoms. The van der Waals surface area contributed by atoms with Crippen LogP contribution in [0.3, 0.4) is 0 Å². The van der Waals surface area contributed by atoms with Gasteiger partial charge in [-0.2, -0.15) is 5.26 Å². The SMILES string of the molecule is N#CC1c2ccccc2C=CN1C(=O)C1CCCCC1.O=C(Cl)C1CCCCC1.[C-]#N.[Na+].c1ccc2cnccc2c1. The quantitative estimate of drug-likeness (QED) is 0.229. The number of carbonyl (C=O) groups is 2. The summed E-state index contributed by atoms with van der Waals surface area (Å²) >= 11 is 5.32. The number of fused-ring (bicyclic) bond motifs is 2. The third-order valence-electron chi connectivity index (χ3n) is 7.79. The summed E-state index contributed by atoms with van der Waals surface area (Å²) < 4.78 is 0. The number of carbonyl (C=O) groups excluding carboxylic acids is 2. The monoisotopic (exact) mass is 590 g/mol. The Morgan fingerprint density at radius 1 is 0.833 bits per heavy atom. The van der Waals surface area contributed by atoms with Gasteiger partial charge in [-0.15, -0.1) is 0 Å². The van der Waals surface area contributed by atoms with Crippen LogP contribution in [0.5, 0.6) is 0 Å². The zero-order valence-electron chi connectivity index (χ0n) is 24.3. The first-order valence-electron chi connectivity index (χ1n) is 14.3. The summed E-state index contributed by atoms with van der Waals surface area (Å²) in [4.78, 5) is 28.9. The minimum absolute atomic E-state index is 0. The van der Waals surface area contributed by atoms with Crippen molar-refractivity contribution in [1.82, 2.24) is 9.88 Å². The van der Waals surface area contributed by atoms with Gasteiger partial charge in [0.05, 0.1) is 6.07 Å². The van der Waals surface area contributed by atoms with E-state index in [0.29, 0.717) is 0 Å². The third-order valence-corrected chi connectivity index (χ3v) is 8.10. The van der Waals surface area contributed by atoms with E-state index < -0.39 is 6.04 Å². The average molecular weight is 591 g/mol. The Kier molecular flexibility index (Phi) is 16.1. The van der Waals surface area contributed by atoms with Gasteiger partial charge in [0, 0.05) is 30.4 Å². The molecular weight excluding hydrogens is 555 g/mol. The molecule has 2 aliphatic carbocycles. The molecule has 2 aromatic carbocycles. The second-order valence-corrected chi connectivity index (χ2v) is 10.8. The van der Waals surface area contributed by atoms with Crippen molar-refractivity contribution in [2.75, 3.05) is 0 Å². The Bertz CT molecular complexity index is 1310. The maximum atomic E-state index is 12.7. The van der Waals surface area contributed by atoms with Gasteiger partial charge in [0.1, 0.15) is 6.04 Å². The first kappa shape index (κ1) is 35.2. The minimum Gasteiger partial charge on any atom is -0.512 e. The number of rotatable bonds is 2. The summed E-state index contributed by atoms with van der Waals surface area (Å²) in [7, 11) is 0. The smallest absolute Gasteiger partial charge is 0.512 e. The molecule has 6 nitrogen and oxygen atoms in total. The number of aromatic nitrogens is 1. The fraction of sp³-hybridized carbons (Fsp3) is 0.382. The number of halogens is 1. The Morgan fingerprint density at radius 3 is 1.98 bits per heavy atom. The molecule has 1 aromatic heterocycles. The van der Waals surface area contributed by atoms with Crippen molar-refractivity contribution in [3.8, 4) is 6.07 Å². The van der Waals surface area contributed by atoms with E-state index in [2.05, 4.69) is 23.2 Å². The number of benzene rings is 2. The number of hydrogen-bond acceptors (Lipinski definition) is 5. The first-order valence-corrected chi connectivity index (χ1v) is 14.7. The zero-order valence-corrected chi connectivity index (χ0v) is 27.0. The van der Waals surface area contributed by atoms with Gasteiger partial charge in [0.25, 0.3) is 0 Å². The van der Waals surface area contributed by atoms with E-state index in [1.165, 1.54) is 36.5 Å². The maximum Gasteiger partial charge on any atom is 1.00 e. The first-order chi connectivity index (χ1) is 20.1. The summed E-state index contributed by atoms with van der Waals surface area (Å²) in [5.41, 5.74) is 1.97. The number of amides is 1. The maximum absolute atomic E-state index is 12.7. The molecule has 3 aromatic rings. The van der Waals surface area contributed by atoms with Crippen molar-refractivity contribution in [2.24, 2.45) is 11.8 Å². The van der Waals surface area contributed by atoms with Crippen LogP contribution in [-0.2, 0) is 9.59 Å². The molecule has 0 N–H and O–H groups in total. The average Bonchev–Trinajstić information content (AvgIpc) is 3.06. The van der Waals surface area contributed by atoms with E-state index in [1.54, 1.807) is 11.1 Å². The molecule has 0 bridgehead atoms. The molecule has 3 aliphatic rings. The number of nitriles is 1. The van der Waals surface area contributed by atoms with Gasteiger partial charge >= 0.3 is 29.6 Å². The number of nitrogens with zero attached hydrogens (tertiary/aromatic N) is 4. The van der Waals surface area contributed by atoms with Gasteiger partial charge in [0.15, 0.2) is 0 Å². The summed E-state index contributed by atoms with van der Waals surface area (Å²) in [5, 5.41) is 18.0. The van der Waals surface area contributed by atoms with Crippen LogP contribution in [0.25, 0.3) is 16.8 Å². The van der Waals surface area contributed by atoms with E-state index in [-0.39, 0.29) is 52.5 Å². The molecular formula is C34H36ClN4NaO2. The van der Waals surface area contributed by atoms with Gasteiger partial charge in [0.2, 0.25) is 11.1 Å². The van der Waals surface area contributed by atoms with Gasteiger partial charge < -0.3 is 11.8 Å². The Hall–Kier alpha value is -3.00. The molecule has 1 aliphatic heterocycles. The van der Waals surface area contributed by atoms with Crippen LogP contribution >= 0.6 is 11.6 Å². The molecule has 2 fully saturated rings. The Balaban J connectivity index is 0.000000235. The van der Waals surface area contributed by atoms with Crippen LogP contribution in [-0.4, -0.2) is 21.0 Å².